The molecule has 4 rings (SSSR count). The number of carboxylic acids is 1. The van der Waals surface area contributed by atoms with Crippen molar-refractivity contribution in [2.24, 2.45) is 0 Å². The largest absolute Gasteiger partial charge is 0.477 e. The van der Waals surface area contributed by atoms with Crippen molar-refractivity contribution >= 4 is 22.3 Å². The van der Waals surface area contributed by atoms with Gasteiger partial charge in [-0.15, -0.1) is 11.3 Å². The fourth-order valence-electron chi connectivity index (χ4n) is 3.24. The highest BCUT2D eigenvalue weighted by atomic mass is 32.1. The molecule has 0 radical (unpaired) electrons. The zero-order valence-electron chi connectivity index (χ0n) is 13.6. The van der Waals surface area contributed by atoms with Crippen LogP contribution >= 0.6 is 11.3 Å². The number of carbonyl (C=O) groups is 1. The molecule has 2 aromatic heterocycles. The van der Waals surface area contributed by atoms with Crippen LogP contribution in [0.4, 0.5) is 5.00 Å². The van der Waals surface area contributed by atoms with Crippen LogP contribution in [0.1, 0.15) is 47.0 Å². The molecular weight excluding hydrogens is 326 g/mol. The monoisotopic (exact) mass is 347 g/mol. The lowest BCUT2D eigenvalue weighted by atomic mass is 10.1. The summed E-state index contributed by atoms with van der Waals surface area (Å²) < 4.78 is 7.42. The van der Waals surface area contributed by atoms with E-state index in [9.17, 15) is 9.90 Å². The van der Waals surface area contributed by atoms with E-state index in [2.05, 4.69) is 16.1 Å². The third-order valence-electron chi connectivity index (χ3n) is 4.84. The molecule has 0 bridgehead atoms. The van der Waals surface area contributed by atoms with Crippen LogP contribution in [-0.2, 0) is 4.74 Å². The van der Waals surface area contributed by atoms with Gasteiger partial charge in [0.05, 0.1) is 23.8 Å². The normalized spacial score (nSPS) is 19.0. The molecule has 0 atom stereocenters. The predicted octanol–water partition coefficient (Wildman–Crippen LogP) is 3.12. The van der Waals surface area contributed by atoms with Gasteiger partial charge in [-0.25, -0.2) is 9.78 Å². The summed E-state index contributed by atoms with van der Waals surface area (Å²) in [7, 11) is 1.75. The Morgan fingerprint density at radius 2 is 2.08 bits per heavy atom. The molecule has 2 aliphatic rings. The first kappa shape index (κ1) is 15.7. The standard InChI is InChI=1S/C17H21N3O3S/c1-23-12-4-6-19(7-5-12)16-14(8-15(24-16)17(21)22)20-9-13(18-10-20)11-2-3-11/h8-12H,2-7H2,1H3,(H,21,22). The van der Waals surface area contributed by atoms with Gasteiger partial charge in [-0.2, -0.15) is 0 Å². The number of aromatic nitrogens is 2. The third kappa shape index (κ3) is 2.93. The third-order valence-corrected chi connectivity index (χ3v) is 6.02. The summed E-state index contributed by atoms with van der Waals surface area (Å²) in [5.41, 5.74) is 2.04. The fourth-order valence-corrected chi connectivity index (χ4v) is 4.29. The molecule has 0 spiro atoms. The molecule has 1 saturated carbocycles. The number of rotatable bonds is 5. The Bertz CT molecular complexity index is 742. The molecule has 0 unspecified atom stereocenters. The lowest BCUT2D eigenvalue weighted by Gasteiger charge is -2.32. The van der Waals surface area contributed by atoms with Crippen LogP contribution in [-0.4, -0.2) is 46.9 Å². The molecule has 1 N–H and O–H groups in total. The molecule has 0 aromatic carbocycles. The second-order valence-electron chi connectivity index (χ2n) is 6.51. The number of hydrogen-bond donors (Lipinski definition) is 1. The Kier molecular flexibility index (Phi) is 4.05. The maximum atomic E-state index is 11.4. The van der Waals surface area contributed by atoms with E-state index < -0.39 is 5.97 Å². The van der Waals surface area contributed by atoms with Crippen LogP contribution < -0.4 is 4.90 Å². The van der Waals surface area contributed by atoms with Gasteiger partial charge in [-0.3, -0.25) is 0 Å². The van der Waals surface area contributed by atoms with Crippen molar-refractivity contribution < 1.29 is 14.6 Å². The first-order chi connectivity index (χ1) is 11.7. The Morgan fingerprint density at radius 1 is 1.33 bits per heavy atom. The number of thiophene rings is 1. The Labute approximate surface area is 144 Å². The van der Waals surface area contributed by atoms with Crippen molar-refractivity contribution in [3.8, 4) is 5.69 Å². The van der Waals surface area contributed by atoms with Crippen molar-refractivity contribution in [3.05, 3.63) is 29.2 Å². The van der Waals surface area contributed by atoms with Crippen molar-refractivity contribution in [3.63, 3.8) is 0 Å². The highest BCUT2D eigenvalue weighted by Gasteiger charge is 2.28. The molecule has 24 heavy (non-hydrogen) atoms. The molecule has 1 saturated heterocycles. The van der Waals surface area contributed by atoms with E-state index in [-0.39, 0.29) is 0 Å². The maximum absolute atomic E-state index is 11.4. The van der Waals surface area contributed by atoms with E-state index in [1.165, 1.54) is 24.2 Å². The average molecular weight is 347 g/mol. The van der Waals surface area contributed by atoms with Crippen molar-refractivity contribution in [2.75, 3.05) is 25.1 Å². The molecule has 128 valence electrons. The Morgan fingerprint density at radius 3 is 2.71 bits per heavy atom. The number of nitrogens with zero attached hydrogens (tertiary/aromatic N) is 3. The van der Waals surface area contributed by atoms with Crippen LogP contribution in [0.2, 0.25) is 0 Å². The molecule has 1 aliphatic heterocycles. The minimum Gasteiger partial charge on any atom is -0.477 e. The van der Waals surface area contributed by atoms with Crippen molar-refractivity contribution in [1.82, 2.24) is 9.55 Å². The maximum Gasteiger partial charge on any atom is 0.346 e. The number of carboxylic acid groups (broad SMARTS) is 1. The van der Waals surface area contributed by atoms with E-state index in [1.807, 2.05) is 10.9 Å². The first-order valence-electron chi connectivity index (χ1n) is 8.35. The molecule has 2 fully saturated rings. The van der Waals surface area contributed by atoms with Gasteiger partial charge in [0.15, 0.2) is 0 Å². The molecular formula is C17H21N3O3S. The van der Waals surface area contributed by atoms with Crippen LogP contribution in [0.5, 0.6) is 0 Å². The van der Waals surface area contributed by atoms with E-state index in [0.29, 0.717) is 16.9 Å². The average Bonchev–Trinajstić information content (AvgIpc) is 3.16. The molecule has 7 heteroatoms. The van der Waals surface area contributed by atoms with Crippen LogP contribution in [0.3, 0.4) is 0 Å². The molecule has 0 amide bonds. The second-order valence-corrected chi connectivity index (χ2v) is 7.54. The van der Waals surface area contributed by atoms with Gasteiger partial charge in [-0.1, -0.05) is 0 Å². The summed E-state index contributed by atoms with van der Waals surface area (Å²) >= 11 is 1.35. The first-order valence-corrected chi connectivity index (χ1v) is 9.16. The highest BCUT2D eigenvalue weighted by Crippen LogP contribution is 2.41. The molecule has 1 aliphatic carbocycles. The topological polar surface area (TPSA) is 67.6 Å². The van der Waals surface area contributed by atoms with E-state index in [4.69, 9.17) is 4.74 Å². The smallest absolute Gasteiger partial charge is 0.346 e. The quantitative estimate of drug-likeness (QED) is 0.900. The minimum atomic E-state index is -0.873. The van der Waals surface area contributed by atoms with Crippen LogP contribution in [0.15, 0.2) is 18.6 Å². The van der Waals surface area contributed by atoms with E-state index >= 15 is 0 Å². The number of imidazole rings is 1. The molecule has 3 heterocycles. The number of piperidine rings is 1. The number of methoxy groups -OCH3 is 1. The summed E-state index contributed by atoms with van der Waals surface area (Å²) in [6.07, 6.45) is 8.51. The lowest BCUT2D eigenvalue weighted by molar-refractivity contribution is 0.0702. The molecule has 2 aromatic rings. The van der Waals surface area contributed by atoms with Gasteiger partial charge in [0, 0.05) is 32.3 Å². The summed E-state index contributed by atoms with van der Waals surface area (Å²) in [5.74, 6) is -0.286. The SMILES string of the molecule is COC1CCN(c2sc(C(=O)O)cc2-n2cnc(C3CC3)c2)CC1. The highest BCUT2D eigenvalue weighted by molar-refractivity contribution is 7.18. The number of hydrogen-bond acceptors (Lipinski definition) is 5. The van der Waals surface area contributed by atoms with Crippen LogP contribution in [0, 0.1) is 0 Å². The van der Waals surface area contributed by atoms with Gasteiger partial charge in [0.25, 0.3) is 0 Å². The Balaban J connectivity index is 1.65. The van der Waals surface area contributed by atoms with Gasteiger partial charge in [-0.05, 0) is 31.7 Å². The van der Waals surface area contributed by atoms with E-state index in [1.54, 1.807) is 13.2 Å². The van der Waals surface area contributed by atoms with Gasteiger partial charge in [0.2, 0.25) is 0 Å². The second kappa shape index (κ2) is 6.22. The predicted molar refractivity (Wildman–Crippen MR) is 92.6 cm³/mol. The lowest BCUT2D eigenvalue weighted by Crippen LogP contribution is -2.36. The zero-order chi connectivity index (χ0) is 16.7. The number of aromatic carboxylic acids is 1. The van der Waals surface area contributed by atoms with Crippen molar-refractivity contribution in [2.45, 2.75) is 37.7 Å². The minimum absolute atomic E-state index is 0.304. The number of anilines is 1. The zero-order valence-corrected chi connectivity index (χ0v) is 14.5. The van der Waals surface area contributed by atoms with Gasteiger partial charge < -0.3 is 19.3 Å². The van der Waals surface area contributed by atoms with Crippen molar-refractivity contribution in [1.29, 1.82) is 0 Å². The van der Waals surface area contributed by atoms with E-state index in [0.717, 1.165) is 42.3 Å². The summed E-state index contributed by atoms with van der Waals surface area (Å²) in [5, 5.41) is 10.4. The van der Waals surface area contributed by atoms with Gasteiger partial charge in [0.1, 0.15) is 9.88 Å². The summed E-state index contributed by atoms with van der Waals surface area (Å²) in [6.45, 7) is 1.77. The van der Waals surface area contributed by atoms with Crippen LogP contribution in [0.25, 0.3) is 5.69 Å². The molecule has 6 nitrogen and oxygen atoms in total. The summed E-state index contributed by atoms with van der Waals surface area (Å²) in [4.78, 5) is 18.6. The fraction of sp³-hybridized carbons (Fsp3) is 0.529. The number of ether oxygens (including phenoxy) is 1. The Hall–Kier alpha value is -1.86. The summed E-state index contributed by atoms with van der Waals surface area (Å²) in [6, 6.07) is 1.77. The van der Waals surface area contributed by atoms with Gasteiger partial charge >= 0.3 is 5.97 Å².